The normalized spacial score (nSPS) is 25.8. The number of aromatic nitrogens is 1. The molecular formula is C30H26N4O4. The quantitative estimate of drug-likeness (QED) is 0.367. The molecule has 8 nitrogen and oxygen atoms in total. The van der Waals surface area contributed by atoms with Crippen LogP contribution in [0.3, 0.4) is 0 Å². The van der Waals surface area contributed by atoms with E-state index >= 15 is 0 Å². The Morgan fingerprint density at radius 1 is 0.974 bits per heavy atom. The number of nitrogens with one attached hydrogen (secondary N) is 3. The number of fused-ring (bicyclic) bond motifs is 5. The van der Waals surface area contributed by atoms with Crippen LogP contribution in [0.1, 0.15) is 16.7 Å². The summed E-state index contributed by atoms with van der Waals surface area (Å²) < 4.78 is 5.35. The zero-order valence-corrected chi connectivity index (χ0v) is 20.9. The van der Waals surface area contributed by atoms with Gasteiger partial charge in [-0.05, 0) is 42.7 Å². The third-order valence-electron chi connectivity index (χ3n) is 8.38. The minimum absolute atomic E-state index is 0.299. The Morgan fingerprint density at radius 3 is 2.63 bits per heavy atom. The van der Waals surface area contributed by atoms with Crippen molar-refractivity contribution in [2.45, 2.75) is 24.9 Å². The van der Waals surface area contributed by atoms with Gasteiger partial charge in [0.05, 0.1) is 24.6 Å². The second-order valence-electron chi connectivity index (χ2n) is 10.3. The molecule has 4 heterocycles. The van der Waals surface area contributed by atoms with E-state index in [1.165, 1.54) is 4.90 Å². The summed E-state index contributed by atoms with van der Waals surface area (Å²) in [5, 5.41) is 7.62. The molecule has 0 unspecified atom stereocenters. The molecule has 0 bridgehead atoms. The molecule has 0 radical (unpaired) electrons. The number of ether oxygens (including phenoxy) is 1. The van der Waals surface area contributed by atoms with Gasteiger partial charge in [0.25, 0.3) is 0 Å². The highest BCUT2D eigenvalue weighted by molar-refractivity contribution is 6.26. The molecule has 4 aromatic rings. The van der Waals surface area contributed by atoms with Crippen LogP contribution in [0.5, 0.6) is 5.75 Å². The van der Waals surface area contributed by atoms with Gasteiger partial charge in [-0.1, -0.05) is 42.5 Å². The summed E-state index contributed by atoms with van der Waals surface area (Å²) in [6.45, 7) is 1.93. The number of amides is 3. The van der Waals surface area contributed by atoms with E-state index in [-0.39, 0.29) is 17.7 Å². The van der Waals surface area contributed by atoms with Crippen LogP contribution in [-0.2, 0) is 26.3 Å². The van der Waals surface area contributed by atoms with Crippen LogP contribution in [0.15, 0.2) is 72.9 Å². The van der Waals surface area contributed by atoms with Gasteiger partial charge in [-0.25, -0.2) is 4.90 Å². The van der Waals surface area contributed by atoms with Gasteiger partial charge in [-0.15, -0.1) is 0 Å². The average molecular weight is 507 g/mol. The number of nitrogens with zero attached hydrogens (tertiary/aromatic N) is 1. The minimum atomic E-state index is -1.34. The molecule has 8 heteroatoms. The summed E-state index contributed by atoms with van der Waals surface area (Å²) in [4.78, 5) is 46.7. The number of benzene rings is 3. The van der Waals surface area contributed by atoms with Crippen LogP contribution < -0.4 is 20.3 Å². The van der Waals surface area contributed by atoms with Gasteiger partial charge in [0.2, 0.25) is 17.7 Å². The second-order valence-corrected chi connectivity index (χ2v) is 10.3. The summed E-state index contributed by atoms with van der Waals surface area (Å²) >= 11 is 0. The Morgan fingerprint density at radius 2 is 1.79 bits per heavy atom. The summed E-state index contributed by atoms with van der Waals surface area (Å²) in [7, 11) is 1.54. The lowest BCUT2D eigenvalue weighted by Crippen LogP contribution is -2.53. The number of methoxy groups -OCH3 is 1. The topological polar surface area (TPSA) is 104 Å². The molecule has 3 aromatic carbocycles. The third kappa shape index (κ3) is 2.92. The van der Waals surface area contributed by atoms with Crippen molar-refractivity contribution in [3.05, 3.63) is 89.6 Å². The van der Waals surface area contributed by atoms with E-state index in [0.717, 1.165) is 22.0 Å². The zero-order valence-electron chi connectivity index (χ0n) is 20.9. The highest BCUT2D eigenvalue weighted by Crippen LogP contribution is 2.54. The summed E-state index contributed by atoms with van der Waals surface area (Å²) in [6.07, 6.45) is 2.42. The maximum absolute atomic E-state index is 14.2. The van der Waals surface area contributed by atoms with Crippen molar-refractivity contribution in [3.63, 3.8) is 0 Å². The number of carbonyl (C=O) groups excluding carboxylic acids is 3. The first-order valence-corrected chi connectivity index (χ1v) is 12.7. The molecule has 3 aliphatic heterocycles. The Hall–Kier alpha value is -4.43. The van der Waals surface area contributed by atoms with Crippen LogP contribution in [0.25, 0.3) is 10.9 Å². The number of hydrogen-bond donors (Lipinski definition) is 3. The fourth-order valence-electron chi connectivity index (χ4n) is 6.69. The van der Waals surface area contributed by atoms with Crippen LogP contribution >= 0.6 is 0 Å². The molecule has 190 valence electrons. The molecule has 2 saturated heterocycles. The smallest absolute Gasteiger partial charge is 0.250 e. The van der Waals surface area contributed by atoms with E-state index in [1.54, 1.807) is 31.4 Å². The van der Waals surface area contributed by atoms with E-state index in [1.807, 2.05) is 55.6 Å². The van der Waals surface area contributed by atoms with Gasteiger partial charge in [-0.3, -0.25) is 19.7 Å². The molecule has 1 spiro atoms. The molecular weight excluding hydrogens is 480 g/mol. The number of para-hydroxylation sites is 2. The van der Waals surface area contributed by atoms with Crippen LogP contribution in [0.4, 0.5) is 11.4 Å². The average Bonchev–Trinajstić information content (AvgIpc) is 3.64. The molecule has 3 N–H and O–H groups in total. The van der Waals surface area contributed by atoms with Crippen molar-refractivity contribution in [3.8, 4) is 5.75 Å². The van der Waals surface area contributed by atoms with E-state index in [4.69, 9.17) is 4.74 Å². The number of rotatable bonds is 4. The maximum Gasteiger partial charge on any atom is 0.250 e. The predicted molar refractivity (Wildman–Crippen MR) is 143 cm³/mol. The Bertz CT molecular complexity index is 1660. The van der Waals surface area contributed by atoms with E-state index < -0.39 is 23.4 Å². The van der Waals surface area contributed by atoms with E-state index in [0.29, 0.717) is 29.1 Å². The number of H-pyrrole nitrogens is 1. The number of hydrogen-bond acceptors (Lipinski definition) is 5. The van der Waals surface area contributed by atoms with Crippen LogP contribution in [0.2, 0.25) is 0 Å². The van der Waals surface area contributed by atoms with Crippen molar-refractivity contribution >= 4 is 40.0 Å². The first-order valence-electron chi connectivity index (χ1n) is 12.7. The van der Waals surface area contributed by atoms with Crippen molar-refractivity contribution in [1.82, 2.24) is 10.3 Å². The fraction of sp³-hybridized carbons (Fsp3) is 0.233. The molecule has 3 amide bonds. The van der Waals surface area contributed by atoms with Crippen molar-refractivity contribution in [2.24, 2.45) is 11.8 Å². The number of aryl methyl sites for hydroxylation is 1. The molecule has 3 aliphatic rings. The Balaban J connectivity index is 1.38. The van der Waals surface area contributed by atoms with Gasteiger partial charge in [0.1, 0.15) is 11.3 Å². The standard InChI is InChI=1S/C30H26N4O4/c1-16-7-5-11-21-26(16)32-29(37)30(21)25-24(23(33-30)13-17-15-31-22-12-4-3-10-20(17)22)27(35)34(28(25)36)18-8-6-9-19(14-18)38-2/h3-12,14-15,23-25,31,33H,13H2,1-2H3,(H,32,37)/t23-,24-,25+,30+/m1/s1. The van der Waals surface area contributed by atoms with Crippen molar-refractivity contribution in [2.75, 3.05) is 17.3 Å². The minimum Gasteiger partial charge on any atom is -0.497 e. The molecule has 38 heavy (non-hydrogen) atoms. The molecule has 0 aliphatic carbocycles. The molecule has 4 atom stereocenters. The molecule has 0 saturated carbocycles. The SMILES string of the molecule is COc1cccc(N2C(=O)[C@H]3[C@@H](C2=O)[C@]2(N[C@@H]3Cc3c[nH]c4ccccc34)C(=O)Nc3c(C)cccc32)c1. The summed E-state index contributed by atoms with van der Waals surface area (Å²) in [5.74, 6) is -2.06. The van der Waals surface area contributed by atoms with Gasteiger partial charge in [-0.2, -0.15) is 0 Å². The lowest BCUT2D eigenvalue weighted by atomic mass is 9.76. The van der Waals surface area contributed by atoms with Crippen LogP contribution in [-0.4, -0.2) is 35.9 Å². The Kier molecular flexibility index (Phi) is 4.81. The van der Waals surface area contributed by atoms with Crippen LogP contribution in [0, 0.1) is 18.8 Å². The molecule has 2 fully saturated rings. The molecule has 1 aromatic heterocycles. The van der Waals surface area contributed by atoms with Crippen molar-refractivity contribution in [1.29, 1.82) is 0 Å². The molecule has 7 rings (SSSR count). The van der Waals surface area contributed by atoms with E-state index in [9.17, 15) is 14.4 Å². The first-order chi connectivity index (χ1) is 18.4. The maximum atomic E-state index is 14.2. The highest BCUT2D eigenvalue weighted by Gasteiger charge is 2.70. The number of imide groups is 1. The number of aromatic amines is 1. The van der Waals surface area contributed by atoms with E-state index in [2.05, 4.69) is 15.6 Å². The lowest BCUT2D eigenvalue weighted by molar-refractivity contribution is -0.130. The predicted octanol–water partition coefficient (Wildman–Crippen LogP) is 3.65. The fourth-order valence-corrected chi connectivity index (χ4v) is 6.69. The largest absolute Gasteiger partial charge is 0.497 e. The van der Waals surface area contributed by atoms with Gasteiger partial charge in [0.15, 0.2) is 0 Å². The van der Waals surface area contributed by atoms with Gasteiger partial charge >= 0.3 is 0 Å². The highest BCUT2D eigenvalue weighted by atomic mass is 16.5. The zero-order chi connectivity index (χ0) is 26.2. The monoisotopic (exact) mass is 506 g/mol. The summed E-state index contributed by atoms with van der Waals surface area (Å²) in [5.41, 5.74) is 3.45. The third-order valence-corrected chi connectivity index (χ3v) is 8.38. The second kappa shape index (κ2) is 8.03. The van der Waals surface area contributed by atoms with Gasteiger partial charge < -0.3 is 15.0 Å². The Labute approximate surface area is 219 Å². The number of carbonyl (C=O) groups is 3. The number of anilines is 2. The van der Waals surface area contributed by atoms with Gasteiger partial charge in [0, 0.05) is 40.5 Å². The summed E-state index contributed by atoms with van der Waals surface area (Å²) in [6, 6.07) is 20.2. The lowest BCUT2D eigenvalue weighted by Gasteiger charge is -2.29. The van der Waals surface area contributed by atoms with Crippen molar-refractivity contribution < 1.29 is 19.1 Å². The first kappa shape index (κ1) is 22.7.